The number of nitrogens with one attached hydrogen (secondary N) is 1. The lowest BCUT2D eigenvalue weighted by molar-refractivity contribution is 0.0943. The van der Waals surface area contributed by atoms with Crippen molar-refractivity contribution < 1.29 is 9.18 Å². The monoisotopic (exact) mass is 342 g/mol. The normalized spacial score (nSPS) is 12.0. The zero-order chi connectivity index (χ0) is 17.1. The van der Waals surface area contributed by atoms with E-state index in [1.807, 2.05) is 6.92 Å². The van der Waals surface area contributed by atoms with Gasteiger partial charge >= 0.3 is 0 Å². The molecule has 0 saturated carbocycles. The second-order valence-electron chi connectivity index (χ2n) is 5.25. The lowest BCUT2D eigenvalue weighted by Crippen LogP contribution is -2.26. The van der Waals surface area contributed by atoms with Gasteiger partial charge < -0.3 is 5.32 Å². The minimum atomic E-state index is -0.303. The Bertz CT molecular complexity index is 849. The molecule has 1 N–H and O–H groups in total. The van der Waals surface area contributed by atoms with Crippen LogP contribution in [0.15, 0.2) is 42.7 Å². The van der Waals surface area contributed by atoms with Gasteiger partial charge in [0.15, 0.2) is 10.8 Å². The van der Waals surface area contributed by atoms with Gasteiger partial charge in [-0.2, -0.15) is 0 Å². The Morgan fingerprint density at radius 2 is 1.88 bits per heavy atom. The average molecular weight is 342 g/mol. The number of benzene rings is 1. The third-order valence-electron chi connectivity index (χ3n) is 3.48. The van der Waals surface area contributed by atoms with Gasteiger partial charge in [-0.3, -0.25) is 4.79 Å². The van der Waals surface area contributed by atoms with Crippen molar-refractivity contribution in [3.63, 3.8) is 0 Å². The van der Waals surface area contributed by atoms with Crippen molar-refractivity contribution in [2.75, 3.05) is 0 Å². The van der Waals surface area contributed by atoms with E-state index in [-0.39, 0.29) is 17.8 Å². The van der Waals surface area contributed by atoms with Crippen LogP contribution in [0.5, 0.6) is 0 Å². The highest BCUT2D eigenvalue weighted by Crippen LogP contribution is 2.25. The van der Waals surface area contributed by atoms with Crippen LogP contribution >= 0.6 is 11.3 Å². The molecule has 0 bridgehead atoms. The molecule has 2 heterocycles. The molecule has 0 radical (unpaired) electrons. The smallest absolute Gasteiger partial charge is 0.263 e. The van der Waals surface area contributed by atoms with Gasteiger partial charge in [-0.1, -0.05) is 12.1 Å². The van der Waals surface area contributed by atoms with Crippen LogP contribution in [0.1, 0.15) is 33.9 Å². The van der Waals surface area contributed by atoms with Gasteiger partial charge in [0, 0.05) is 12.4 Å². The number of halogens is 1. The van der Waals surface area contributed by atoms with E-state index in [9.17, 15) is 9.18 Å². The molecule has 2 aromatic heterocycles. The van der Waals surface area contributed by atoms with E-state index < -0.39 is 0 Å². The molecule has 24 heavy (non-hydrogen) atoms. The SMILES string of the molecule is Cc1nc(-c2ncccn2)sc1C(=O)N[C@@H](C)c1ccc(F)cc1. The molecular formula is C17H15FN4OS. The Hall–Kier alpha value is -2.67. The Morgan fingerprint density at radius 3 is 2.54 bits per heavy atom. The van der Waals surface area contributed by atoms with Crippen LogP contribution < -0.4 is 5.32 Å². The summed E-state index contributed by atoms with van der Waals surface area (Å²) in [6.07, 6.45) is 3.27. The maximum Gasteiger partial charge on any atom is 0.263 e. The standard InChI is InChI=1S/C17H15FN4OS/c1-10(12-4-6-13(18)7-5-12)21-16(23)14-11(2)22-17(24-14)15-19-8-3-9-20-15/h3-10H,1-2H3,(H,21,23)/t10-/m0/s1. The topological polar surface area (TPSA) is 67.8 Å². The number of carbonyl (C=O) groups excluding carboxylic acids is 1. The molecule has 0 aliphatic carbocycles. The molecule has 5 nitrogen and oxygen atoms in total. The zero-order valence-electron chi connectivity index (χ0n) is 13.2. The highest BCUT2D eigenvalue weighted by atomic mass is 32.1. The summed E-state index contributed by atoms with van der Waals surface area (Å²) in [5.41, 5.74) is 1.46. The summed E-state index contributed by atoms with van der Waals surface area (Å²) in [6.45, 7) is 3.63. The Morgan fingerprint density at radius 1 is 1.21 bits per heavy atom. The second-order valence-corrected chi connectivity index (χ2v) is 6.25. The van der Waals surface area contributed by atoms with Crippen molar-refractivity contribution in [3.8, 4) is 10.8 Å². The first-order valence-electron chi connectivity index (χ1n) is 7.35. The molecule has 1 aromatic carbocycles. The predicted molar refractivity (Wildman–Crippen MR) is 90.2 cm³/mol. The summed E-state index contributed by atoms with van der Waals surface area (Å²) in [6, 6.07) is 7.55. The van der Waals surface area contributed by atoms with Crippen LogP contribution in [0.2, 0.25) is 0 Å². The van der Waals surface area contributed by atoms with Crippen molar-refractivity contribution in [2.45, 2.75) is 19.9 Å². The maximum absolute atomic E-state index is 13.0. The Kier molecular flexibility index (Phi) is 4.61. The number of carbonyl (C=O) groups is 1. The lowest BCUT2D eigenvalue weighted by Gasteiger charge is -2.13. The van der Waals surface area contributed by atoms with E-state index in [1.165, 1.54) is 23.5 Å². The van der Waals surface area contributed by atoms with Gasteiger partial charge in [0.1, 0.15) is 10.7 Å². The van der Waals surface area contributed by atoms with Crippen LogP contribution in [0, 0.1) is 12.7 Å². The van der Waals surface area contributed by atoms with Crippen molar-refractivity contribution >= 4 is 17.2 Å². The molecule has 0 aliphatic heterocycles. The first kappa shape index (κ1) is 16.2. The minimum absolute atomic E-state index is 0.219. The summed E-state index contributed by atoms with van der Waals surface area (Å²) < 4.78 is 13.0. The highest BCUT2D eigenvalue weighted by molar-refractivity contribution is 7.17. The number of aromatic nitrogens is 3. The molecule has 0 fully saturated rings. The summed E-state index contributed by atoms with van der Waals surface area (Å²) in [7, 11) is 0. The zero-order valence-corrected chi connectivity index (χ0v) is 14.0. The molecule has 3 rings (SSSR count). The molecule has 7 heteroatoms. The molecule has 3 aromatic rings. The fraction of sp³-hybridized carbons (Fsp3) is 0.176. The maximum atomic E-state index is 13.0. The molecule has 0 spiro atoms. The number of nitrogens with zero attached hydrogens (tertiary/aromatic N) is 3. The number of rotatable bonds is 4. The Labute approximate surface area is 142 Å². The molecule has 0 saturated heterocycles. The highest BCUT2D eigenvalue weighted by Gasteiger charge is 2.19. The van der Waals surface area contributed by atoms with E-state index in [2.05, 4.69) is 20.3 Å². The summed E-state index contributed by atoms with van der Waals surface area (Å²) in [5, 5.41) is 3.51. The van der Waals surface area contributed by atoms with Gasteiger partial charge in [-0.25, -0.2) is 19.3 Å². The van der Waals surface area contributed by atoms with E-state index >= 15 is 0 Å². The first-order valence-corrected chi connectivity index (χ1v) is 8.17. The summed E-state index contributed by atoms with van der Waals surface area (Å²) in [4.78, 5) is 25.7. The van der Waals surface area contributed by atoms with Gasteiger partial charge in [-0.05, 0) is 37.6 Å². The van der Waals surface area contributed by atoms with Crippen molar-refractivity contribution in [1.29, 1.82) is 0 Å². The van der Waals surface area contributed by atoms with Crippen LogP contribution in [0.25, 0.3) is 10.8 Å². The first-order chi connectivity index (χ1) is 11.5. The van der Waals surface area contributed by atoms with Gasteiger partial charge in [0.05, 0.1) is 11.7 Å². The van der Waals surface area contributed by atoms with Gasteiger partial charge in [-0.15, -0.1) is 11.3 Å². The van der Waals surface area contributed by atoms with E-state index in [0.29, 0.717) is 21.4 Å². The van der Waals surface area contributed by atoms with Gasteiger partial charge in [0.25, 0.3) is 5.91 Å². The van der Waals surface area contributed by atoms with E-state index in [4.69, 9.17) is 0 Å². The number of thiazole rings is 1. The Balaban J connectivity index is 1.78. The van der Waals surface area contributed by atoms with Crippen LogP contribution in [0.3, 0.4) is 0 Å². The summed E-state index contributed by atoms with van der Waals surface area (Å²) >= 11 is 1.25. The molecular weight excluding hydrogens is 327 g/mol. The van der Waals surface area contributed by atoms with E-state index in [1.54, 1.807) is 37.5 Å². The molecule has 122 valence electrons. The molecule has 0 aliphatic rings. The quantitative estimate of drug-likeness (QED) is 0.787. The number of aryl methyl sites for hydroxylation is 1. The van der Waals surface area contributed by atoms with Gasteiger partial charge in [0.2, 0.25) is 0 Å². The third kappa shape index (κ3) is 3.46. The van der Waals surface area contributed by atoms with E-state index in [0.717, 1.165) is 5.56 Å². The van der Waals surface area contributed by atoms with Crippen molar-refractivity contribution in [3.05, 3.63) is 64.7 Å². The fourth-order valence-electron chi connectivity index (χ4n) is 2.21. The number of amides is 1. The lowest BCUT2D eigenvalue weighted by atomic mass is 10.1. The van der Waals surface area contributed by atoms with Crippen molar-refractivity contribution in [1.82, 2.24) is 20.3 Å². The average Bonchev–Trinajstić information content (AvgIpc) is 2.98. The molecule has 1 atom stereocenters. The summed E-state index contributed by atoms with van der Waals surface area (Å²) in [5.74, 6) is -0.0247. The number of hydrogen-bond donors (Lipinski definition) is 1. The minimum Gasteiger partial charge on any atom is -0.345 e. The number of hydrogen-bond acceptors (Lipinski definition) is 5. The third-order valence-corrected chi connectivity index (χ3v) is 4.63. The second kappa shape index (κ2) is 6.84. The fourth-order valence-corrected chi connectivity index (χ4v) is 3.13. The molecule has 1 amide bonds. The molecule has 0 unspecified atom stereocenters. The predicted octanol–water partition coefficient (Wildman–Crippen LogP) is 3.54. The van der Waals surface area contributed by atoms with Crippen LogP contribution in [-0.4, -0.2) is 20.9 Å². The van der Waals surface area contributed by atoms with Crippen LogP contribution in [0.4, 0.5) is 4.39 Å². The van der Waals surface area contributed by atoms with Crippen molar-refractivity contribution in [2.24, 2.45) is 0 Å². The largest absolute Gasteiger partial charge is 0.345 e. The van der Waals surface area contributed by atoms with Crippen LogP contribution in [-0.2, 0) is 0 Å².